The predicted molar refractivity (Wildman–Crippen MR) is 124 cm³/mol. The molecule has 0 saturated carbocycles. The lowest BCUT2D eigenvalue weighted by Gasteiger charge is -2.10. The molecule has 0 aliphatic carbocycles. The van der Waals surface area contributed by atoms with E-state index >= 15 is 0 Å². The highest BCUT2D eigenvalue weighted by Gasteiger charge is 2.11. The molecule has 2 aromatic carbocycles. The second kappa shape index (κ2) is 9.56. The zero-order valence-corrected chi connectivity index (χ0v) is 18.7. The zero-order chi connectivity index (χ0) is 23.4. The average molecular weight is 447 g/mol. The van der Waals surface area contributed by atoms with Gasteiger partial charge in [0.2, 0.25) is 0 Å². The molecule has 4 rings (SSSR count). The van der Waals surface area contributed by atoms with Crippen molar-refractivity contribution in [1.82, 2.24) is 19.2 Å². The van der Waals surface area contributed by atoms with E-state index < -0.39 is 0 Å². The van der Waals surface area contributed by atoms with Crippen LogP contribution in [0.4, 0.5) is 5.69 Å². The minimum atomic E-state index is -0.240. The molecular weight excluding hydrogens is 422 g/mol. The van der Waals surface area contributed by atoms with Gasteiger partial charge in [-0.15, -0.1) is 0 Å². The molecule has 4 aromatic rings. The first kappa shape index (κ1) is 22.1. The van der Waals surface area contributed by atoms with Gasteiger partial charge in [0, 0.05) is 29.4 Å². The van der Waals surface area contributed by atoms with E-state index in [1.807, 2.05) is 20.8 Å². The molecule has 0 aliphatic rings. The van der Waals surface area contributed by atoms with Crippen LogP contribution in [-0.4, -0.2) is 31.7 Å². The van der Waals surface area contributed by atoms with Crippen LogP contribution in [0, 0.1) is 0 Å². The zero-order valence-electron chi connectivity index (χ0n) is 18.7. The van der Waals surface area contributed by atoms with E-state index in [2.05, 4.69) is 15.3 Å². The van der Waals surface area contributed by atoms with Crippen molar-refractivity contribution in [2.24, 2.45) is 0 Å². The maximum atomic E-state index is 12.5. The summed E-state index contributed by atoms with van der Waals surface area (Å²) in [6, 6.07) is 15.5. The number of hydrogen-bond donors (Lipinski definition) is 1. The first-order valence-corrected chi connectivity index (χ1v) is 10.7. The topological polar surface area (TPSA) is 99.7 Å². The summed E-state index contributed by atoms with van der Waals surface area (Å²) in [6.07, 6.45) is 1.59. The molecule has 33 heavy (non-hydrogen) atoms. The van der Waals surface area contributed by atoms with Crippen LogP contribution in [0.2, 0.25) is 0 Å². The third-order valence-corrected chi connectivity index (χ3v) is 4.89. The first-order valence-electron chi connectivity index (χ1n) is 10.7. The smallest absolute Gasteiger partial charge is 0.274 e. The van der Waals surface area contributed by atoms with Crippen molar-refractivity contribution in [3.8, 4) is 11.5 Å². The van der Waals surface area contributed by atoms with Gasteiger partial charge in [0.25, 0.3) is 17.2 Å². The molecule has 0 radical (unpaired) electrons. The van der Waals surface area contributed by atoms with Crippen molar-refractivity contribution in [2.75, 3.05) is 11.9 Å². The maximum absolute atomic E-state index is 12.5. The molecule has 2 heterocycles. The number of carbonyl (C=O) groups excluding carboxylic acids is 1. The summed E-state index contributed by atoms with van der Waals surface area (Å²) >= 11 is 0. The highest BCUT2D eigenvalue weighted by Crippen LogP contribution is 2.20. The van der Waals surface area contributed by atoms with Gasteiger partial charge in [-0.25, -0.2) is 4.98 Å². The van der Waals surface area contributed by atoms with Crippen molar-refractivity contribution < 1.29 is 14.3 Å². The number of aromatic nitrogens is 4. The molecule has 2 aromatic heterocycles. The molecule has 0 atom stereocenters. The highest BCUT2D eigenvalue weighted by atomic mass is 16.5. The Morgan fingerprint density at radius 1 is 1.06 bits per heavy atom. The molecule has 1 N–H and O–H groups in total. The Kier molecular flexibility index (Phi) is 6.39. The van der Waals surface area contributed by atoms with Crippen LogP contribution in [0.15, 0.2) is 65.7 Å². The van der Waals surface area contributed by atoms with Crippen LogP contribution in [0.5, 0.6) is 11.5 Å². The lowest BCUT2D eigenvalue weighted by Crippen LogP contribution is -2.23. The Balaban J connectivity index is 1.43. The molecule has 0 saturated heterocycles. The van der Waals surface area contributed by atoms with Crippen LogP contribution in [-0.2, 0) is 6.61 Å². The number of ether oxygens (including phenoxy) is 2. The molecule has 0 unspecified atom stereocenters. The summed E-state index contributed by atoms with van der Waals surface area (Å²) in [5.41, 5.74) is 1.35. The standard InChI is InChI=1S/C24H25N5O4/c1-4-32-20-10-8-17(9-11-20)23(31)26-18-6-5-7-21(12-18)33-14-19-13-22(30)29-24(27-19)25-15-28(29)16(2)3/h5-13,15-16H,4,14H2,1-3H3,(H,26,31). The van der Waals surface area contributed by atoms with Crippen LogP contribution < -0.4 is 20.3 Å². The minimum absolute atomic E-state index is 0.0807. The summed E-state index contributed by atoms with van der Waals surface area (Å²) in [6.45, 7) is 6.50. The number of carbonyl (C=O) groups is 1. The lowest BCUT2D eigenvalue weighted by molar-refractivity contribution is 0.102. The fourth-order valence-electron chi connectivity index (χ4n) is 3.30. The Hall–Kier alpha value is -4.14. The minimum Gasteiger partial charge on any atom is -0.494 e. The number of nitrogens with zero attached hydrogens (tertiary/aromatic N) is 4. The van der Waals surface area contributed by atoms with Gasteiger partial charge in [-0.3, -0.25) is 14.3 Å². The Labute approximate surface area is 190 Å². The number of hydrogen-bond acceptors (Lipinski definition) is 6. The van der Waals surface area contributed by atoms with Gasteiger partial charge in [-0.2, -0.15) is 9.50 Å². The number of rotatable bonds is 8. The molecule has 9 nitrogen and oxygen atoms in total. The fraction of sp³-hybridized carbons (Fsp3) is 0.250. The van der Waals surface area contributed by atoms with E-state index in [-0.39, 0.29) is 24.1 Å². The molecule has 9 heteroatoms. The van der Waals surface area contributed by atoms with Crippen molar-refractivity contribution in [3.63, 3.8) is 0 Å². The van der Waals surface area contributed by atoms with Crippen LogP contribution in [0.3, 0.4) is 0 Å². The second-order valence-electron chi connectivity index (χ2n) is 7.64. The number of anilines is 1. The predicted octanol–water partition coefficient (Wildman–Crippen LogP) is 3.70. The average Bonchev–Trinajstić information content (AvgIpc) is 3.24. The van der Waals surface area contributed by atoms with E-state index in [9.17, 15) is 9.59 Å². The molecule has 0 bridgehead atoms. The van der Waals surface area contributed by atoms with Gasteiger partial charge >= 0.3 is 0 Å². The summed E-state index contributed by atoms with van der Waals surface area (Å²) in [5, 5.41) is 2.85. The largest absolute Gasteiger partial charge is 0.494 e. The quantitative estimate of drug-likeness (QED) is 0.442. The van der Waals surface area contributed by atoms with Gasteiger partial charge in [-0.05, 0) is 57.2 Å². The van der Waals surface area contributed by atoms with Crippen molar-refractivity contribution in [2.45, 2.75) is 33.4 Å². The Bertz CT molecular complexity index is 1320. The van der Waals surface area contributed by atoms with E-state index in [1.54, 1.807) is 59.5 Å². The molecule has 0 spiro atoms. The summed E-state index contributed by atoms with van der Waals surface area (Å²) in [4.78, 5) is 33.7. The first-order chi connectivity index (χ1) is 15.9. The van der Waals surface area contributed by atoms with Crippen molar-refractivity contribution >= 4 is 17.4 Å². The summed E-state index contributed by atoms with van der Waals surface area (Å²) < 4.78 is 14.4. The molecular formula is C24H25N5O4. The van der Waals surface area contributed by atoms with E-state index in [1.165, 1.54) is 10.6 Å². The van der Waals surface area contributed by atoms with Crippen molar-refractivity contribution in [1.29, 1.82) is 0 Å². The van der Waals surface area contributed by atoms with Crippen molar-refractivity contribution in [3.05, 3.63) is 82.5 Å². The number of benzene rings is 2. The van der Waals surface area contributed by atoms with Crippen LogP contribution >= 0.6 is 0 Å². The Morgan fingerprint density at radius 2 is 1.85 bits per heavy atom. The molecule has 1 amide bonds. The number of fused-ring (bicyclic) bond motifs is 1. The number of amides is 1. The Morgan fingerprint density at radius 3 is 2.58 bits per heavy atom. The molecule has 0 aliphatic heterocycles. The SMILES string of the molecule is CCOc1ccc(C(=O)Nc2cccc(OCc3cc(=O)n4c(ncn4C(C)C)n3)c2)cc1. The van der Waals surface area contributed by atoms with Gasteiger partial charge < -0.3 is 14.8 Å². The third-order valence-electron chi connectivity index (χ3n) is 4.89. The number of nitrogens with one attached hydrogen (secondary N) is 1. The van der Waals surface area contributed by atoms with Gasteiger partial charge in [0.15, 0.2) is 0 Å². The molecule has 0 fully saturated rings. The summed E-state index contributed by atoms with van der Waals surface area (Å²) in [5.74, 6) is 1.34. The normalized spacial score (nSPS) is 11.0. The lowest BCUT2D eigenvalue weighted by atomic mass is 10.2. The monoisotopic (exact) mass is 447 g/mol. The van der Waals surface area contributed by atoms with Crippen LogP contribution in [0.25, 0.3) is 5.78 Å². The third kappa shape index (κ3) is 5.03. The molecule has 170 valence electrons. The summed E-state index contributed by atoms with van der Waals surface area (Å²) in [7, 11) is 0. The maximum Gasteiger partial charge on any atom is 0.274 e. The van der Waals surface area contributed by atoms with E-state index in [0.29, 0.717) is 40.8 Å². The van der Waals surface area contributed by atoms with Gasteiger partial charge in [-0.1, -0.05) is 6.07 Å². The van der Waals surface area contributed by atoms with E-state index in [4.69, 9.17) is 9.47 Å². The van der Waals surface area contributed by atoms with Gasteiger partial charge in [0.1, 0.15) is 24.4 Å². The van der Waals surface area contributed by atoms with Gasteiger partial charge in [0.05, 0.1) is 12.3 Å². The van der Waals surface area contributed by atoms with Crippen LogP contribution in [0.1, 0.15) is 42.9 Å². The second-order valence-corrected chi connectivity index (χ2v) is 7.64. The highest BCUT2D eigenvalue weighted by molar-refractivity contribution is 6.04. The van der Waals surface area contributed by atoms with E-state index in [0.717, 1.165) is 0 Å². The fourth-order valence-corrected chi connectivity index (χ4v) is 3.30.